The molecule has 2 heterocycles. The van der Waals surface area contributed by atoms with Crippen molar-refractivity contribution in [3.8, 4) is 0 Å². The number of nitrogens with two attached hydrogens (primary N) is 2. The van der Waals surface area contributed by atoms with E-state index in [1.165, 1.54) is 17.0 Å². The molecule has 0 bridgehead atoms. The average molecular weight is 624 g/mol. The number of nitrogens with one attached hydrogen (secondary N) is 1. The van der Waals surface area contributed by atoms with Crippen molar-refractivity contribution in [3.05, 3.63) is 71.5 Å². The number of hydrogen-bond donors (Lipinski definition) is 5. The summed E-state index contributed by atoms with van der Waals surface area (Å²) < 4.78 is 0. The van der Waals surface area contributed by atoms with Crippen LogP contribution in [0.5, 0.6) is 0 Å². The van der Waals surface area contributed by atoms with E-state index in [-0.39, 0.29) is 42.1 Å². The van der Waals surface area contributed by atoms with E-state index in [0.717, 1.165) is 5.69 Å². The number of anilines is 4. The van der Waals surface area contributed by atoms with E-state index < -0.39 is 30.3 Å². The zero-order chi connectivity index (χ0) is 31.3. The van der Waals surface area contributed by atoms with Crippen LogP contribution in [-0.2, 0) is 16.1 Å². The van der Waals surface area contributed by atoms with Gasteiger partial charge in [0.25, 0.3) is 11.8 Å². The number of amides is 2. The molecule has 2 aromatic heterocycles. The minimum Gasteiger partial charge on any atom is -0.481 e. The van der Waals surface area contributed by atoms with E-state index in [1.54, 1.807) is 49.6 Å². The van der Waals surface area contributed by atoms with Crippen LogP contribution >= 0.6 is 12.4 Å². The molecule has 0 saturated carbocycles. The maximum atomic E-state index is 13.1. The lowest BCUT2D eigenvalue weighted by Gasteiger charge is -2.21. The van der Waals surface area contributed by atoms with Gasteiger partial charge >= 0.3 is 11.9 Å². The van der Waals surface area contributed by atoms with Gasteiger partial charge in [-0.25, -0.2) is 14.8 Å². The lowest BCUT2D eigenvalue weighted by molar-refractivity contribution is -0.140. The summed E-state index contributed by atoms with van der Waals surface area (Å²) in [6, 6.07) is 11.6. The second kappa shape index (κ2) is 14.1. The summed E-state index contributed by atoms with van der Waals surface area (Å²) in [5, 5.41) is 20.4. The number of hydrogen-bond acceptors (Lipinski definition) is 11. The van der Waals surface area contributed by atoms with Crippen molar-refractivity contribution >= 4 is 70.5 Å². The summed E-state index contributed by atoms with van der Waals surface area (Å²) in [4.78, 5) is 67.8. The molecule has 0 radical (unpaired) electrons. The molecule has 2 amide bonds. The van der Waals surface area contributed by atoms with E-state index in [0.29, 0.717) is 34.7 Å². The molecule has 2 aromatic carbocycles. The Morgan fingerprint density at radius 1 is 0.886 bits per heavy atom. The number of carboxylic acids is 2. The Morgan fingerprint density at radius 3 is 2.11 bits per heavy atom. The van der Waals surface area contributed by atoms with Crippen LogP contribution in [0.4, 0.5) is 23.1 Å². The molecule has 0 saturated heterocycles. The second-order valence-corrected chi connectivity index (χ2v) is 9.61. The lowest BCUT2D eigenvalue weighted by Crippen LogP contribution is -2.41. The summed E-state index contributed by atoms with van der Waals surface area (Å²) in [7, 11) is 3.45. The molecule has 4 aromatic rings. The first-order valence-electron chi connectivity index (χ1n) is 12.9. The van der Waals surface area contributed by atoms with Crippen LogP contribution in [0.25, 0.3) is 11.2 Å². The van der Waals surface area contributed by atoms with Crippen molar-refractivity contribution < 1.29 is 29.4 Å². The topological polar surface area (TPSA) is 231 Å². The monoisotopic (exact) mass is 623 g/mol. The first-order chi connectivity index (χ1) is 20.4. The highest BCUT2D eigenvalue weighted by Crippen LogP contribution is 2.21. The van der Waals surface area contributed by atoms with Crippen molar-refractivity contribution in [1.82, 2.24) is 25.3 Å². The SMILES string of the molecule is CN(Cc1cnc2nc(N)nc(N)c2n1)c1ccc(C(=O)N(C)c2ccc(C(=O)N[C@@H](CCC(=O)O)C(=O)O)cc2)cc1.Cl. The summed E-state index contributed by atoms with van der Waals surface area (Å²) >= 11 is 0. The van der Waals surface area contributed by atoms with Gasteiger partial charge in [-0.1, -0.05) is 0 Å². The molecule has 0 aliphatic rings. The molecular formula is C28H30ClN9O6. The van der Waals surface area contributed by atoms with Gasteiger partial charge in [0.2, 0.25) is 5.95 Å². The molecule has 0 fully saturated rings. The van der Waals surface area contributed by atoms with Crippen LogP contribution in [0.15, 0.2) is 54.7 Å². The van der Waals surface area contributed by atoms with Gasteiger partial charge in [-0.15, -0.1) is 12.4 Å². The predicted molar refractivity (Wildman–Crippen MR) is 165 cm³/mol. The third-order valence-electron chi connectivity index (χ3n) is 6.53. The highest BCUT2D eigenvalue weighted by Gasteiger charge is 2.22. The van der Waals surface area contributed by atoms with Gasteiger partial charge in [0.15, 0.2) is 17.0 Å². The largest absolute Gasteiger partial charge is 0.481 e. The van der Waals surface area contributed by atoms with Gasteiger partial charge < -0.3 is 36.8 Å². The Labute approximate surface area is 257 Å². The van der Waals surface area contributed by atoms with Crippen LogP contribution in [0.2, 0.25) is 0 Å². The third kappa shape index (κ3) is 7.83. The first kappa shape index (κ1) is 32.9. The number of rotatable bonds is 11. The predicted octanol–water partition coefficient (Wildman–Crippen LogP) is 1.97. The fourth-order valence-corrected chi connectivity index (χ4v) is 4.17. The van der Waals surface area contributed by atoms with Crippen LogP contribution in [0.1, 0.15) is 39.3 Å². The highest BCUT2D eigenvalue weighted by atomic mass is 35.5. The number of carbonyl (C=O) groups excluding carboxylic acids is 2. The summed E-state index contributed by atoms with van der Waals surface area (Å²) in [5.74, 6) is -3.29. The standard InChI is InChI=1S/C28H29N9O6.ClH/c1-36(14-17-13-31-24-22(32-17)23(29)34-28(30)35-24)18-7-5-16(6-8-18)26(41)37(2)19-9-3-15(4-10-19)25(40)33-20(27(42)43)11-12-21(38)39;/h3-10,13,20H,11-12,14H2,1-2H3,(H,33,40)(H,38,39)(H,42,43)(H4,29,30,31,34,35);1H/t20-;/m0./s1. The van der Waals surface area contributed by atoms with E-state index in [4.69, 9.17) is 16.6 Å². The minimum absolute atomic E-state index is 0. The summed E-state index contributed by atoms with van der Waals surface area (Å²) in [6.45, 7) is 0.395. The molecule has 0 unspecified atom stereocenters. The maximum Gasteiger partial charge on any atom is 0.326 e. The molecule has 15 nitrogen and oxygen atoms in total. The molecular weight excluding hydrogens is 594 g/mol. The number of aromatic nitrogens is 4. The van der Waals surface area contributed by atoms with Crippen molar-refractivity contribution in [2.24, 2.45) is 0 Å². The van der Waals surface area contributed by atoms with Gasteiger partial charge in [0, 0.05) is 43.0 Å². The normalized spacial score (nSPS) is 11.2. The maximum absolute atomic E-state index is 13.1. The number of nitrogen functional groups attached to an aromatic ring is 2. The van der Waals surface area contributed by atoms with Crippen LogP contribution < -0.4 is 26.6 Å². The Morgan fingerprint density at radius 2 is 1.50 bits per heavy atom. The van der Waals surface area contributed by atoms with Crippen LogP contribution in [-0.4, -0.2) is 74.0 Å². The van der Waals surface area contributed by atoms with E-state index in [9.17, 15) is 24.3 Å². The molecule has 0 aliphatic heterocycles. The number of carbonyl (C=O) groups is 4. The average Bonchev–Trinajstić information content (AvgIpc) is 2.98. The fourth-order valence-electron chi connectivity index (χ4n) is 4.17. The quantitative estimate of drug-likeness (QED) is 0.161. The fraction of sp³-hybridized carbons (Fsp3) is 0.214. The van der Waals surface area contributed by atoms with Gasteiger partial charge in [0.1, 0.15) is 6.04 Å². The number of halogens is 1. The molecule has 7 N–H and O–H groups in total. The van der Waals surface area contributed by atoms with Crippen molar-refractivity contribution in [3.63, 3.8) is 0 Å². The molecule has 0 spiro atoms. The van der Waals surface area contributed by atoms with Crippen molar-refractivity contribution in [2.75, 3.05) is 35.4 Å². The Bertz CT molecular complexity index is 1690. The Kier molecular flexibility index (Phi) is 10.5. The third-order valence-corrected chi connectivity index (χ3v) is 6.53. The highest BCUT2D eigenvalue weighted by molar-refractivity contribution is 6.06. The summed E-state index contributed by atoms with van der Waals surface area (Å²) in [6.07, 6.45) is 0.926. The smallest absolute Gasteiger partial charge is 0.326 e. The van der Waals surface area contributed by atoms with E-state index in [2.05, 4.69) is 25.3 Å². The first-order valence-corrected chi connectivity index (χ1v) is 12.9. The van der Waals surface area contributed by atoms with Crippen LogP contribution in [0.3, 0.4) is 0 Å². The molecule has 16 heteroatoms. The van der Waals surface area contributed by atoms with Gasteiger partial charge in [0.05, 0.1) is 18.4 Å². The molecule has 230 valence electrons. The van der Waals surface area contributed by atoms with E-state index in [1.807, 2.05) is 11.9 Å². The second-order valence-electron chi connectivity index (χ2n) is 9.61. The summed E-state index contributed by atoms with van der Waals surface area (Å²) in [5.41, 5.74) is 14.7. The van der Waals surface area contributed by atoms with E-state index >= 15 is 0 Å². The zero-order valence-corrected chi connectivity index (χ0v) is 24.5. The van der Waals surface area contributed by atoms with Gasteiger partial charge in [-0.2, -0.15) is 9.97 Å². The number of nitrogens with zero attached hydrogens (tertiary/aromatic N) is 6. The lowest BCUT2D eigenvalue weighted by atomic mass is 10.1. The molecule has 4 rings (SSSR count). The number of fused-ring (bicyclic) bond motifs is 1. The molecule has 44 heavy (non-hydrogen) atoms. The number of benzene rings is 2. The van der Waals surface area contributed by atoms with Gasteiger partial charge in [-0.05, 0) is 55.0 Å². The zero-order valence-electron chi connectivity index (χ0n) is 23.7. The Balaban J connectivity index is 0.00000529. The number of aliphatic carboxylic acids is 2. The Hall–Kier alpha value is -5.57. The molecule has 0 aliphatic carbocycles. The molecule has 1 atom stereocenters. The van der Waals surface area contributed by atoms with Crippen LogP contribution in [0, 0.1) is 0 Å². The van der Waals surface area contributed by atoms with Crippen molar-refractivity contribution in [1.29, 1.82) is 0 Å². The van der Waals surface area contributed by atoms with Crippen molar-refractivity contribution in [2.45, 2.75) is 25.4 Å². The van der Waals surface area contributed by atoms with Gasteiger partial charge in [-0.3, -0.25) is 14.4 Å². The number of carboxylic acid groups (broad SMARTS) is 2. The minimum atomic E-state index is -1.34.